The van der Waals surface area contributed by atoms with Crippen LogP contribution in [0.4, 0.5) is 0 Å². The van der Waals surface area contributed by atoms with Crippen molar-refractivity contribution in [3.05, 3.63) is 46.8 Å². The molecule has 2 aliphatic carbocycles. The number of carbonyl (C=O) groups excluding carboxylic acids is 2. The minimum Gasteiger partial charge on any atom is -0.481 e. The molecule has 35 heavy (non-hydrogen) atoms. The number of hydrogen-bond donors (Lipinski definition) is 2. The topological polar surface area (TPSA) is 114 Å². The van der Waals surface area contributed by atoms with Gasteiger partial charge in [0, 0.05) is 37.2 Å². The highest BCUT2D eigenvalue weighted by Gasteiger charge is 2.33. The molecule has 2 unspecified atom stereocenters. The molecule has 0 spiro atoms. The van der Waals surface area contributed by atoms with E-state index in [2.05, 4.69) is 15.6 Å². The molecule has 4 rings (SSSR count). The number of nitrogens with zero attached hydrogens (tertiary/aromatic N) is 3. The van der Waals surface area contributed by atoms with Gasteiger partial charge in [-0.25, -0.2) is 0 Å². The van der Waals surface area contributed by atoms with E-state index in [1.807, 2.05) is 31.3 Å². The first-order valence-corrected chi connectivity index (χ1v) is 13.0. The van der Waals surface area contributed by atoms with Crippen molar-refractivity contribution in [2.75, 3.05) is 6.54 Å². The number of carbonyl (C=O) groups is 3. The Labute approximate surface area is 206 Å². The fraction of sp³-hybridized carbons (Fsp3) is 0.593. The van der Waals surface area contributed by atoms with E-state index in [-0.39, 0.29) is 36.4 Å². The average molecular weight is 481 g/mol. The second-order valence-corrected chi connectivity index (χ2v) is 10.1. The molecule has 1 amide bonds. The zero-order chi connectivity index (χ0) is 24.8. The molecule has 2 aromatic rings. The average Bonchev–Trinajstić information content (AvgIpc) is 3.45. The number of rotatable bonds is 11. The molecule has 0 aliphatic heterocycles. The van der Waals surface area contributed by atoms with Gasteiger partial charge in [0.2, 0.25) is 5.91 Å². The van der Waals surface area contributed by atoms with Crippen molar-refractivity contribution in [1.29, 1.82) is 0 Å². The van der Waals surface area contributed by atoms with E-state index in [9.17, 15) is 19.5 Å². The molecule has 1 heterocycles. The van der Waals surface area contributed by atoms with Gasteiger partial charge in [-0.3, -0.25) is 19.1 Å². The van der Waals surface area contributed by atoms with E-state index in [4.69, 9.17) is 0 Å². The number of carboxylic acids is 1. The Morgan fingerprint density at radius 2 is 2.03 bits per heavy atom. The van der Waals surface area contributed by atoms with Gasteiger partial charge in [0.15, 0.2) is 5.78 Å². The molecule has 0 saturated heterocycles. The van der Waals surface area contributed by atoms with Crippen molar-refractivity contribution in [1.82, 2.24) is 20.3 Å². The van der Waals surface area contributed by atoms with Gasteiger partial charge in [-0.1, -0.05) is 36.6 Å². The molecule has 2 N–H and O–H groups in total. The van der Waals surface area contributed by atoms with Gasteiger partial charge in [-0.15, -0.1) is 5.10 Å². The fourth-order valence-electron chi connectivity index (χ4n) is 5.47. The number of amides is 1. The lowest BCUT2D eigenvalue weighted by Gasteiger charge is -2.22. The Morgan fingerprint density at radius 1 is 1.23 bits per heavy atom. The molecule has 188 valence electrons. The number of hydrogen-bond acceptors (Lipinski definition) is 5. The first-order valence-electron chi connectivity index (χ1n) is 13.0. The Morgan fingerprint density at radius 3 is 2.74 bits per heavy atom. The van der Waals surface area contributed by atoms with Crippen LogP contribution < -0.4 is 5.32 Å². The van der Waals surface area contributed by atoms with Gasteiger partial charge >= 0.3 is 5.97 Å². The number of aromatic nitrogens is 3. The maximum atomic E-state index is 13.1. The molecule has 1 aromatic carbocycles. The molecule has 0 radical (unpaired) electrons. The standard InChI is InChI=1S/C27H36N4O4/c1-2-31-17-23(29-30-31)11-10-20(15-26(33)34)19-8-9-21-12-22(27(35)24(21)13-19)14-25(32)28-16-18-6-4-3-5-7-18/h8-9,13,17-18,20,22H,2-7,10-12,14-16H2,1H3,(H,28,32)(H,33,34). The first-order chi connectivity index (χ1) is 16.9. The molecule has 1 fully saturated rings. The number of carboxylic acid groups (broad SMARTS) is 1. The highest BCUT2D eigenvalue weighted by atomic mass is 16.4. The summed E-state index contributed by atoms with van der Waals surface area (Å²) < 4.78 is 1.75. The Bertz CT molecular complexity index is 1060. The van der Waals surface area contributed by atoms with Gasteiger partial charge in [-0.2, -0.15) is 0 Å². The lowest BCUT2D eigenvalue weighted by Crippen LogP contribution is -2.32. The summed E-state index contributed by atoms with van der Waals surface area (Å²) in [5.74, 6) is -0.930. The van der Waals surface area contributed by atoms with Crippen molar-refractivity contribution < 1.29 is 19.5 Å². The van der Waals surface area contributed by atoms with Crippen LogP contribution in [0, 0.1) is 11.8 Å². The molecular weight excluding hydrogens is 444 g/mol. The van der Waals surface area contributed by atoms with Crippen LogP contribution in [0.3, 0.4) is 0 Å². The quantitative estimate of drug-likeness (QED) is 0.504. The van der Waals surface area contributed by atoms with Crippen LogP contribution in [0.5, 0.6) is 0 Å². The van der Waals surface area contributed by atoms with E-state index < -0.39 is 5.97 Å². The van der Waals surface area contributed by atoms with Crippen molar-refractivity contribution in [3.63, 3.8) is 0 Å². The zero-order valence-electron chi connectivity index (χ0n) is 20.5. The van der Waals surface area contributed by atoms with Crippen LogP contribution in [0.15, 0.2) is 24.4 Å². The number of Topliss-reactive ketones (excluding diaryl/α,β-unsaturated/α-hetero) is 1. The van der Waals surface area contributed by atoms with Gasteiger partial charge in [0.25, 0.3) is 0 Å². The molecule has 8 nitrogen and oxygen atoms in total. The lowest BCUT2D eigenvalue weighted by atomic mass is 9.88. The number of ketones is 1. The highest BCUT2D eigenvalue weighted by Crippen LogP contribution is 2.34. The maximum absolute atomic E-state index is 13.1. The molecule has 8 heteroatoms. The number of nitrogens with one attached hydrogen (secondary N) is 1. The van der Waals surface area contributed by atoms with E-state index in [1.54, 1.807) is 4.68 Å². The monoisotopic (exact) mass is 480 g/mol. The summed E-state index contributed by atoms with van der Waals surface area (Å²) in [5.41, 5.74) is 3.27. The molecule has 0 bridgehead atoms. The van der Waals surface area contributed by atoms with Crippen molar-refractivity contribution >= 4 is 17.7 Å². The minimum absolute atomic E-state index is 0.00497. The van der Waals surface area contributed by atoms with E-state index in [0.29, 0.717) is 37.3 Å². The highest BCUT2D eigenvalue weighted by molar-refractivity contribution is 6.04. The van der Waals surface area contributed by atoms with Crippen LogP contribution in [0.25, 0.3) is 0 Å². The van der Waals surface area contributed by atoms with Crippen LogP contribution in [0.2, 0.25) is 0 Å². The van der Waals surface area contributed by atoms with Gasteiger partial charge in [0.1, 0.15) is 0 Å². The Kier molecular flexibility index (Phi) is 8.31. The van der Waals surface area contributed by atoms with Crippen LogP contribution in [-0.4, -0.2) is 44.3 Å². The van der Waals surface area contributed by atoms with E-state index in [0.717, 1.165) is 23.4 Å². The smallest absolute Gasteiger partial charge is 0.303 e. The summed E-state index contributed by atoms with van der Waals surface area (Å²) in [4.78, 5) is 37.2. The van der Waals surface area contributed by atoms with Crippen LogP contribution >= 0.6 is 0 Å². The van der Waals surface area contributed by atoms with Crippen molar-refractivity contribution in [3.8, 4) is 0 Å². The van der Waals surface area contributed by atoms with Crippen molar-refractivity contribution in [2.24, 2.45) is 11.8 Å². The van der Waals surface area contributed by atoms with Gasteiger partial charge < -0.3 is 10.4 Å². The van der Waals surface area contributed by atoms with Crippen LogP contribution in [0.1, 0.15) is 91.4 Å². The molecule has 2 atom stereocenters. The summed E-state index contributed by atoms with van der Waals surface area (Å²) in [6.07, 6.45) is 9.97. The second-order valence-electron chi connectivity index (χ2n) is 10.1. The first kappa shape index (κ1) is 25.1. The maximum Gasteiger partial charge on any atom is 0.303 e. The molecule has 1 aromatic heterocycles. The molecule has 2 aliphatic rings. The normalized spacial score (nSPS) is 18.9. The zero-order valence-corrected chi connectivity index (χ0v) is 20.5. The Balaban J connectivity index is 1.37. The summed E-state index contributed by atoms with van der Waals surface area (Å²) >= 11 is 0. The lowest BCUT2D eigenvalue weighted by molar-refractivity contribution is -0.137. The largest absolute Gasteiger partial charge is 0.481 e. The number of fused-ring (bicyclic) bond motifs is 1. The third kappa shape index (κ3) is 6.55. The second kappa shape index (κ2) is 11.6. The Hall–Kier alpha value is -3.03. The number of aliphatic carboxylic acids is 1. The SMILES string of the molecule is CCn1cc(CCC(CC(=O)O)c2ccc3c(c2)C(=O)C(CC(=O)NCC2CCCCC2)C3)nn1. The number of benzene rings is 1. The van der Waals surface area contributed by atoms with E-state index in [1.165, 1.54) is 32.1 Å². The molecular formula is C27H36N4O4. The summed E-state index contributed by atoms with van der Waals surface area (Å²) in [6.45, 7) is 3.43. The fourth-order valence-corrected chi connectivity index (χ4v) is 5.47. The summed E-state index contributed by atoms with van der Waals surface area (Å²) in [5, 5.41) is 20.7. The predicted molar refractivity (Wildman–Crippen MR) is 131 cm³/mol. The molecule has 1 saturated carbocycles. The third-order valence-electron chi connectivity index (χ3n) is 7.53. The van der Waals surface area contributed by atoms with E-state index >= 15 is 0 Å². The summed E-state index contributed by atoms with van der Waals surface area (Å²) in [6, 6.07) is 5.73. The van der Waals surface area contributed by atoms with Gasteiger partial charge in [-0.05, 0) is 68.1 Å². The number of aryl methyl sites for hydroxylation is 2. The van der Waals surface area contributed by atoms with Gasteiger partial charge in [0.05, 0.1) is 12.1 Å². The van der Waals surface area contributed by atoms with Crippen LogP contribution in [-0.2, 0) is 29.0 Å². The predicted octanol–water partition coefficient (Wildman–Crippen LogP) is 3.93. The third-order valence-corrected chi connectivity index (χ3v) is 7.53. The van der Waals surface area contributed by atoms with Crippen molar-refractivity contribution in [2.45, 2.75) is 83.6 Å². The summed E-state index contributed by atoms with van der Waals surface area (Å²) in [7, 11) is 0. The minimum atomic E-state index is -0.869.